The molecule has 1 heterocycles. The molecule has 2 aromatic carbocycles. The highest BCUT2D eigenvalue weighted by Crippen LogP contribution is 2.44. The number of nitrogens with zero attached hydrogens (tertiary/aromatic N) is 2. The minimum atomic E-state index is -3.68. The van der Waals surface area contributed by atoms with Crippen molar-refractivity contribution in [2.75, 3.05) is 27.2 Å². The van der Waals surface area contributed by atoms with Crippen LogP contribution in [0.5, 0.6) is 0 Å². The molecule has 1 fully saturated rings. The van der Waals surface area contributed by atoms with Crippen molar-refractivity contribution in [1.82, 2.24) is 9.80 Å². The number of alkyl halides is 6. The average Bonchev–Trinajstić information content (AvgIpc) is 3.37. The van der Waals surface area contributed by atoms with E-state index in [0.29, 0.717) is 11.1 Å². The maximum absolute atomic E-state index is 12.3. The zero-order chi connectivity index (χ0) is 29.1. The lowest BCUT2D eigenvalue weighted by molar-refractivity contribution is 0.0791. The normalized spacial score (nSPS) is 14.5. The van der Waals surface area contributed by atoms with Crippen molar-refractivity contribution in [3.8, 4) is 0 Å². The quantitative estimate of drug-likeness (QED) is 0.327. The molecule has 0 bridgehead atoms. The molecule has 210 valence electrons. The van der Waals surface area contributed by atoms with Gasteiger partial charge < -0.3 is 9.80 Å². The van der Waals surface area contributed by atoms with Crippen molar-refractivity contribution in [2.45, 2.75) is 25.6 Å². The molecule has 0 unspecified atom stereocenters. The van der Waals surface area contributed by atoms with E-state index < -0.39 is 22.6 Å². The monoisotopic (exact) mass is 948 g/mol. The molecular weight excluding hydrogens is 932 g/mol. The van der Waals surface area contributed by atoms with Gasteiger partial charge in [-0.3, -0.25) is 9.59 Å². The first-order valence-electron chi connectivity index (χ1n) is 10.6. The highest BCUT2D eigenvalue weighted by atomic mass is 80.0. The summed E-state index contributed by atoms with van der Waals surface area (Å²) < 4.78 is 46.0. The maximum atomic E-state index is 12.3. The number of hydrogen-bond donors (Lipinski definition) is 0. The molecule has 0 aromatic heterocycles. The maximum Gasteiger partial charge on any atom is 0.253 e. The lowest BCUT2D eigenvalue weighted by Gasteiger charge is -2.17. The minimum Gasteiger partial charge on any atom is -0.345 e. The van der Waals surface area contributed by atoms with Crippen LogP contribution in [0.15, 0.2) is 58.3 Å². The smallest absolute Gasteiger partial charge is 0.253 e. The molecule has 38 heavy (non-hydrogen) atoms. The number of sulfone groups is 2. The van der Waals surface area contributed by atoms with Gasteiger partial charge in [0, 0.05) is 38.3 Å². The Hall–Kier alpha value is 0.160. The van der Waals surface area contributed by atoms with Crippen LogP contribution >= 0.6 is 95.6 Å². The third kappa shape index (κ3) is 8.35. The van der Waals surface area contributed by atoms with Crippen LogP contribution < -0.4 is 0 Å². The summed E-state index contributed by atoms with van der Waals surface area (Å²) >= 11 is 18.0. The Labute approximate surface area is 272 Å². The first-order chi connectivity index (χ1) is 17.3. The van der Waals surface area contributed by atoms with Gasteiger partial charge in [0.15, 0.2) is 0 Å². The summed E-state index contributed by atoms with van der Waals surface area (Å²) in [6, 6.07) is 12.0. The van der Waals surface area contributed by atoms with Gasteiger partial charge in [-0.1, -0.05) is 12.1 Å². The molecule has 0 aliphatic carbocycles. The lowest BCUT2D eigenvalue weighted by Crippen LogP contribution is -2.28. The van der Waals surface area contributed by atoms with Crippen LogP contribution in [-0.4, -0.2) is 68.6 Å². The van der Waals surface area contributed by atoms with Crippen LogP contribution in [-0.2, 0) is 19.7 Å². The van der Waals surface area contributed by atoms with Crippen molar-refractivity contribution in [2.24, 2.45) is 0 Å². The third-order valence-corrected chi connectivity index (χ3v) is 15.8. The molecule has 1 saturated heterocycles. The first-order valence-corrected chi connectivity index (χ1v) is 18.4. The first kappa shape index (κ1) is 34.4. The van der Waals surface area contributed by atoms with Gasteiger partial charge in [0.1, 0.15) is 0 Å². The van der Waals surface area contributed by atoms with Gasteiger partial charge in [-0.05, 0) is 145 Å². The van der Waals surface area contributed by atoms with Gasteiger partial charge in [0.25, 0.3) is 11.8 Å². The molecule has 1 aliphatic rings. The van der Waals surface area contributed by atoms with E-state index in [-0.39, 0.29) is 21.6 Å². The number of carbonyl (C=O) groups excluding carboxylic acids is 2. The second kappa shape index (κ2) is 13.4. The lowest BCUT2D eigenvalue weighted by atomic mass is 10.2. The van der Waals surface area contributed by atoms with E-state index in [1.54, 1.807) is 37.2 Å². The van der Waals surface area contributed by atoms with E-state index in [4.69, 9.17) is 0 Å². The Balaban J connectivity index is 0.000000269. The van der Waals surface area contributed by atoms with Crippen molar-refractivity contribution in [3.05, 3.63) is 59.7 Å². The minimum absolute atomic E-state index is 0.0424. The van der Waals surface area contributed by atoms with Crippen LogP contribution in [0.1, 0.15) is 33.6 Å². The Morgan fingerprint density at radius 3 is 1.53 bits per heavy atom. The average molecular weight is 954 g/mol. The van der Waals surface area contributed by atoms with E-state index in [2.05, 4.69) is 95.6 Å². The summed E-state index contributed by atoms with van der Waals surface area (Å²) in [5.74, 6) is -0.375. The number of halogens is 6. The fourth-order valence-corrected chi connectivity index (χ4v) is 8.20. The van der Waals surface area contributed by atoms with E-state index in [0.717, 1.165) is 25.9 Å². The molecule has 2 aromatic rings. The highest BCUT2D eigenvalue weighted by molar-refractivity contribution is 9.42. The molecule has 1 aliphatic heterocycles. The molecule has 0 spiro atoms. The molecule has 0 atom stereocenters. The topological polar surface area (TPSA) is 109 Å². The van der Waals surface area contributed by atoms with Gasteiger partial charge in [-0.2, -0.15) is 0 Å². The van der Waals surface area contributed by atoms with Crippen LogP contribution in [0, 0.1) is 0 Å². The number of likely N-dealkylation sites (tertiary alicyclic amines) is 1. The number of benzene rings is 2. The fraction of sp³-hybridized carbons (Fsp3) is 0.364. The number of carbonyl (C=O) groups is 2. The van der Waals surface area contributed by atoms with Crippen molar-refractivity contribution in [1.29, 1.82) is 0 Å². The molecular formula is C22H22Br6N2O6S2. The summed E-state index contributed by atoms with van der Waals surface area (Å²) in [5.41, 5.74) is 0.711. The molecule has 0 N–H and O–H groups in total. The molecule has 3 rings (SSSR count). The van der Waals surface area contributed by atoms with Gasteiger partial charge in [-0.25, -0.2) is 16.8 Å². The van der Waals surface area contributed by atoms with Crippen LogP contribution in [0.4, 0.5) is 0 Å². The third-order valence-electron chi connectivity index (χ3n) is 5.19. The van der Waals surface area contributed by atoms with Crippen LogP contribution in [0.3, 0.4) is 0 Å². The fourth-order valence-electron chi connectivity index (χ4n) is 3.22. The predicted molar refractivity (Wildman–Crippen MR) is 169 cm³/mol. The van der Waals surface area contributed by atoms with Crippen LogP contribution in [0.2, 0.25) is 0 Å². The number of rotatable bonds is 4. The van der Waals surface area contributed by atoms with Crippen molar-refractivity contribution >= 4 is 127 Å². The summed E-state index contributed by atoms with van der Waals surface area (Å²) in [5, 5.41) is 0. The van der Waals surface area contributed by atoms with Gasteiger partial charge in [0.05, 0.1) is 9.79 Å². The molecule has 2 amide bonds. The van der Waals surface area contributed by atoms with Gasteiger partial charge in [-0.15, -0.1) is 0 Å². The Bertz CT molecular complexity index is 1400. The Kier molecular flexibility index (Phi) is 12.1. The number of hydrogen-bond acceptors (Lipinski definition) is 6. The standard InChI is InChI=1S/C12H12Br3NO3S.C10H10Br3NO3S/c13-12(14,15)20(18,19)10-5-3-4-9(8-10)11(17)16-6-1-2-7-16;1-14(2)9(15)7-4-3-5-8(6-7)18(16,17)10(11,12)13/h3-5,8H,1-2,6-7H2;3-6H,1-2H3. The zero-order valence-electron chi connectivity index (χ0n) is 19.9. The van der Waals surface area contributed by atoms with Crippen molar-refractivity contribution in [3.63, 3.8) is 0 Å². The Morgan fingerprint density at radius 1 is 0.737 bits per heavy atom. The zero-order valence-corrected chi connectivity index (χ0v) is 31.0. The summed E-state index contributed by atoms with van der Waals surface area (Å²) in [4.78, 5) is 27.3. The second-order valence-electron chi connectivity index (χ2n) is 8.15. The number of amides is 2. The van der Waals surface area contributed by atoms with Gasteiger partial charge in [0.2, 0.25) is 22.6 Å². The SMILES string of the molecule is CN(C)C(=O)c1cccc(S(=O)(=O)C(Br)(Br)Br)c1.O=C(c1cccc(S(=O)(=O)C(Br)(Br)Br)c1)N1CCCC1. The highest BCUT2D eigenvalue weighted by Gasteiger charge is 2.38. The molecule has 0 saturated carbocycles. The molecule has 16 heteroatoms. The van der Waals surface area contributed by atoms with E-state index in [9.17, 15) is 26.4 Å². The molecule has 0 radical (unpaired) electrons. The Morgan fingerprint density at radius 2 is 1.13 bits per heavy atom. The van der Waals surface area contributed by atoms with E-state index in [1.165, 1.54) is 35.2 Å². The molecule has 8 nitrogen and oxygen atoms in total. The summed E-state index contributed by atoms with van der Waals surface area (Å²) in [6.07, 6.45) is 1.99. The van der Waals surface area contributed by atoms with E-state index >= 15 is 0 Å². The summed E-state index contributed by atoms with van der Waals surface area (Å²) in [6.45, 7) is 1.46. The van der Waals surface area contributed by atoms with Crippen LogP contribution in [0.25, 0.3) is 0 Å². The summed E-state index contributed by atoms with van der Waals surface area (Å²) in [7, 11) is -4.15. The predicted octanol–water partition coefficient (Wildman–Crippen LogP) is 6.45. The second-order valence-corrected chi connectivity index (χ2v) is 29.0. The van der Waals surface area contributed by atoms with Crippen molar-refractivity contribution < 1.29 is 26.4 Å². The van der Waals surface area contributed by atoms with Gasteiger partial charge >= 0.3 is 0 Å². The van der Waals surface area contributed by atoms with E-state index in [1.807, 2.05) is 0 Å². The largest absolute Gasteiger partial charge is 0.345 e.